The van der Waals surface area contributed by atoms with Gasteiger partial charge in [-0.25, -0.2) is 0 Å². The van der Waals surface area contributed by atoms with Crippen LogP contribution in [0.25, 0.3) is 10.9 Å². The first-order valence-electron chi connectivity index (χ1n) is 7.85. The average molecular weight is 326 g/mol. The highest BCUT2D eigenvalue weighted by atomic mass is 19.4. The van der Waals surface area contributed by atoms with Crippen molar-refractivity contribution >= 4 is 10.9 Å². The van der Waals surface area contributed by atoms with Crippen LogP contribution in [0, 0.1) is 5.41 Å². The van der Waals surface area contributed by atoms with Crippen molar-refractivity contribution in [2.24, 2.45) is 11.1 Å². The smallest absolute Gasteiger partial charge is 0.347 e. The Bertz CT molecular complexity index is 691. The van der Waals surface area contributed by atoms with Gasteiger partial charge in [0, 0.05) is 29.2 Å². The summed E-state index contributed by atoms with van der Waals surface area (Å²) in [5, 5.41) is 0.587. The zero-order chi connectivity index (χ0) is 17.6. The maximum atomic E-state index is 13.1. The van der Waals surface area contributed by atoms with Gasteiger partial charge in [0.05, 0.1) is 0 Å². The number of aromatic nitrogens is 1. The van der Waals surface area contributed by atoms with Crippen molar-refractivity contribution in [3.63, 3.8) is 0 Å². The molecule has 1 heterocycles. The summed E-state index contributed by atoms with van der Waals surface area (Å²) in [6.07, 6.45) is -2.88. The number of benzene rings is 1. The van der Waals surface area contributed by atoms with Crippen molar-refractivity contribution in [1.29, 1.82) is 0 Å². The standard InChI is InChI=1S/C18H25F3N2/c1-11(2)12-6-7-13-14(16(22)18(19,20)21)9-23(15(13)8-12)10-17(3,4)5/h6-9,11,16H,10,22H2,1-5H3/t16-/m0/s1. The first-order valence-corrected chi connectivity index (χ1v) is 7.85. The van der Waals surface area contributed by atoms with Crippen molar-refractivity contribution in [1.82, 2.24) is 4.57 Å². The lowest BCUT2D eigenvalue weighted by molar-refractivity contribution is -0.148. The molecule has 2 N–H and O–H groups in total. The van der Waals surface area contributed by atoms with Crippen molar-refractivity contribution in [3.8, 4) is 0 Å². The largest absolute Gasteiger partial charge is 0.407 e. The maximum Gasteiger partial charge on any atom is 0.407 e. The van der Waals surface area contributed by atoms with Gasteiger partial charge in [-0.1, -0.05) is 46.8 Å². The Morgan fingerprint density at radius 3 is 2.22 bits per heavy atom. The van der Waals surface area contributed by atoms with E-state index in [-0.39, 0.29) is 11.0 Å². The predicted molar refractivity (Wildman–Crippen MR) is 88.5 cm³/mol. The molecule has 2 nitrogen and oxygen atoms in total. The summed E-state index contributed by atoms with van der Waals surface area (Å²) in [6.45, 7) is 11.0. The molecule has 0 saturated carbocycles. The molecule has 0 saturated heterocycles. The Hall–Kier alpha value is -1.49. The number of halogens is 3. The van der Waals surface area contributed by atoms with Gasteiger partial charge in [0.25, 0.3) is 0 Å². The second-order valence-electron chi connectivity index (χ2n) is 7.72. The number of fused-ring (bicyclic) bond motifs is 1. The zero-order valence-corrected chi connectivity index (χ0v) is 14.3. The fourth-order valence-corrected chi connectivity index (χ4v) is 2.76. The van der Waals surface area contributed by atoms with Gasteiger partial charge in [0.2, 0.25) is 0 Å². The van der Waals surface area contributed by atoms with Gasteiger partial charge in [0.1, 0.15) is 6.04 Å². The van der Waals surface area contributed by atoms with Gasteiger partial charge in [-0.2, -0.15) is 13.2 Å². The van der Waals surface area contributed by atoms with E-state index >= 15 is 0 Å². The molecular formula is C18H25F3N2. The Morgan fingerprint density at radius 2 is 1.74 bits per heavy atom. The van der Waals surface area contributed by atoms with Crippen molar-refractivity contribution in [2.75, 3.05) is 0 Å². The maximum absolute atomic E-state index is 13.1. The van der Waals surface area contributed by atoms with Crippen LogP contribution in [-0.2, 0) is 6.54 Å². The third-order valence-electron chi connectivity index (χ3n) is 3.94. The molecule has 5 heteroatoms. The number of hydrogen-bond acceptors (Lipinski definition) is 1. The van der Waals surface area contributed by atoms with Crippen LogP contribution in [0.1, 0.15) is 57.7 Å². The summed E-state index contributed by atoms with van der Waals surface area (Å²) < 4.78 is 41.2. The fraction of sp³-hybridized carbons (Fsp3) is 0.556. The number of nitrogens with zero attached hydrogens (tertiary/aromatic N) is 1. The molecule has 0 fully saturated rings. The Balaban J connectivity index is 2.66. The van der Waals surface area contributed by atoms with E-state index in [1.807, 2.05) is 16.7 Å². The molecule has 2 aromatic rings. The molecule has 1 aromatic heterocycles. The molecule has 23 heavy (non-hydrogen) atoms. The highest BCUT2D eigenvalue weighted by Crippen LogP contribution is 2.37. The minimum Gasteiger partial charge on any atom is -0.347 e. The van der Waals surface area contributed by atoms with E-state index in [1.165, 1.54) is 0 Å². The molecule has 0 aliphatic carbocycles. The van der Waals surface area contributed by atoms with Gasteiger partial charge in [-0.3, -0.25) is 0 Å². The van der Waals surface area contributed by atoms with Crippen LogP contribution in [0.15, 0.2) is 24.4 Å². The molecule has 0 amide bonds. The summed E-state index contributed by atoms with van der Waals surface area (Å²) in [5.41, 5.74) is 7.51. The quantitative estimate of drug-likeness (QED) is 0.807. The van der Waals surface area contributed by atoms with Gasteiger partial charge < -0.3 is 10.3 Å². The van der Waals surface area contributed by atoms with Crippen molar-refractivity contribution < 1.29 is 13.2 Å². The molecule has 0 aliphatic rings. The van der Waals surface area contributed by atoms with E-state index in [9.17, 15) is 13.2 Å². The van der Waals surface area contributed by atoms with Crippen LogP contribution in [0.4, 0.5) is 13.2 Å². The lowest BCUT2D eigenvalue weighted by Gasteiger charge is -2.20. The van der Waals surface area contributed by atoms with E-state index in [2.05, 4.69) is 34.6 Å². The van der Waals surface area contributed by atoms with E-state index < -0.39 is 12.2 Å². The normalized spacial score (nSPS) is 14.7. The lowest BCUT2D eigenvalue weighted by atomic mass is 9.96. The van der Waals surface area contributed by atoms with Crippen LogP contribution < -0.4 is 5.73 Å². The molecule has 0 bridgehead atoms. The molecule has 0 aliphatic heterocycles. The van der Waals surface area contributed by atoms with Crippen LogP contribution in [0.3, 0.4) is 0 Å². The van der Waals surface area contributed by atoms with E-state index in [0.717, 1.165) is 11.1 Å². The molecule has 0 radical (unpaired) electrons. The molecule has 0 unspecified atom stereocenters. The van der Waals surface area contributed by atoms with Crippen molar-refractivity contribution in [2.45, 2.75) is 59.3 Å². The second-order valence-corrected chi connectivity index (χ2v) is 7.72. The fourth-order valence-electron chi connectivity index (χ4n) is 2.76. The van der Waals surface area contributed by atoms with E-state index in [0.29, 0.717) is 17.8 Å². The summed E-state index contributed by atoms with van der Waals surface area (Å²) in [7, 11) is 0. The Labute approximate surface area is 135 Å². The van der Waals surface area contributed by atoms with Gasteiger partial charge in [0.15, 0.2) is 0 Å². The highest BCUT2D eigenvalue weighted by molar-refractivity contribution is 5.85. The van der Waals surface area contributed by atoms with Gasteiger partial charge in [-0.15, -0.1) is 0 Å². The number of hydrogen-bond donors (Lipinski definition) is 1. The Kier molecular flexibility index (Phi) is 4.55. The first kappa shape index (κ1) is 17.9. The van der Waals surface area contributed by atoms with E-state index in [1.54, 1.807) is 12.3 Å². The number of alkyl halides is 3. The molecule has 128 valence electrons. The third-order valence-corrected chi connectivity index (χ3v) is 3.94. The van der Waals surface area contributed by atoms with Gasteiger partial charge in [-0.05, 0) is 23.0 Å². The van der Waals surface area contributed by atoms with Crippen molar-refractivity contribution in [3.05, 3.63) is 35.5 Å². The molecule has 1 atom stereocenters. The van der Waals surface area contributed by atoms with E-state index in [4.69, 9.17) is 5.73 Å². The highest BCUT2D eigenvalue weighted by Gasteiger charge is 2.39. The molecule has 0 spiro atoms. The third kappa shape index (κ3) is 3.89. The summed E-state index contributed by atoms with van der Waals surface area (Å²) in [4.78, 5) is 0. The second kappa shape index (κ2) is 5.86. The Morgan fingerprint density at radius 1 is 1.13 bits per heavy atom. The predicted octanol–water partition coefficient (Wildman–Crippen LogP) is 5.37. The van der Waals surface area contributed by atoms with Gasteiger partial charge >= 0.3 is 6.18 Å². The average Bonchev–Trinajstić information content (AvgIpc) is 2.72. The van der Waals surface area contributed by atoms with Crippen LogP contribution in [0.5, 0.6) is 0 Å². The molecule has 1 aromatic carbocycles. The van der Waals surface area contributed by atoms with Crippen LogP contribution in [-0.4, -0.2) is 10.7 Å². The SMILES string of the molecule is CC(C)c1ccc2c([C@H](N)C(F)(F)F)cn(CC(C)(C)C)c2c1. The zero-order valence-electron chi connectivity index (χ0n) is 14.3. The summed E-state index contributed by atoms with van der Waals surface area (Å²) in [6, 6.07) is 3.68. The minimum absolute atomic E-state index is 0.0423. The summed E-state index contributed by atoms with van der Waals surface area (Å²) in [5.74, 6) is 0.317. The lowest BCUT2D eigenvalue weighted by Crippen LogP contribution is -2.28. The number of nitrogens with two attached hydrogens (primary N) is 1. The summed E-state index contributed by atoms with van der Waals surface area (Å²) >= 11 is 0. The monoisotopic (exact) mass is 326 g/mol. The number of rotatable bonds is 3. The first-order chi connectivity index (χ1) is 10.4. The topological polar surface area (TPSA) is 30.9 Å². The van der Waals surface area contributed by atoms with Crippen LogP contribution >= 0.6 is 0 Å². The minimum atomic E-state index is -4.45. The molecule has 2 rings (SSSR count). The molecular weight excluding hydrogens is 301 g/mol. The van der Waals surface area contributed by atoms with Crippen LogP contribution in [0.2, 0.25) is 0 Å².